The Balaban J connectivity index is 1.04. The van der Waals surface area contributed by atoms with Gasteiger partial charge in [-0.15, -0.1) is 0 Å². The van der Waals surface area contributed by atoms with E-state index in [1.54, 1.807) is 41.3 Å². The molecule has 2 aliphatic rings. The van der Waals surface area contributed by atoms with Gasteiger partial charge in [-0.1, -0.05) is 23.7 Å². The number of anilines is 5. The number of carbonyl (C=O) groups is 5. The van der Waals surface area contributed by atoms with Crippen LogP contribution in [0.4, 0.5) is 42.1 Å². The molecule has 0 unspecified atom stereocenters. The van der Waals surface area contributed by atoms with Gasteiger partial charge in [-0.2, -0.15) is 28.1 Å². The second-order valence-corrected chi connectivity index (χ2v) is 14.3. The van der Waals surface area contributed by atoms with E-state index < -0.39 is 60.6 Å². The van der Waals surface area contributed by atoms with Gasteiger partial charge in [-0.25, -0.2) is 4.79 Å². The molecule has 4 aromatic rings. The molecule has 1 aliphatic carbocycles. The predicted molar refractivity (Wildman–Crippen MR) is 213 cm³/mol. The number of nitrogens with zero attached hydrogens (tertiary/aromatic N) is 5. The molecule has 17 nitrogen and oxygen atoms in total. The minimum absolute atomic E-state index is 0.0216. The first-order chi connectivity index (χ1) is 28.6. The third kappa shape index (κ3) is 11.5. The van der Waals surface area contributed by atoms with Crippen molar-refractivity contribution in [3.05, 3.63) is 88.9 Å². The minimum atomic E-state index is -4.65. The number of hydrogen-bond donors (Lipinski definition) is 5. The van der Waals surface area contributed by atoms with Gasteiger partial charge in [0.2, 0.25) is 17.8 Å². The molecule has 6 rings (SSSR count). The zero-order valence-electron chi connectivity index (χ0n) is 32.3. The van der Waals surface area contributed by atoms with Gasteiger partial charge in [0.15, 0.2) is 6.61 Å². The lowest BCUT2D eigenvalue weighted by Gasteiger charge is -2.35. The molecule has 3 aromatic carbocycles. The van der Waals surface area contributed by atoms with E-state index in [1.165, 1.54) is 31.2 Å². The number of aromatic nitrogens is 3. The number of alkyl halides is 3. The van der Waals surface area contributed by atoms with Crippen molar-refractivity contribution in [2.45, 2.75) is 37.5 Å². The second-order valence-electron chi connectivity index (χ2n) is 13.8. The van der Waals surface area contributed by atoms with Crippen molar-refractivity contribution in [1.29, 1.82) is 0 Å². The molecule has 2 heterocycles. The van der Waals surface area contributed by atoms with Gasteiger partial charge < -0.3 is 45.9 Å². The first-order valence-electron chi connectivity index (χ1n) is 18.5. The lowest BCUT2D eigenvalue weighted by molar-refractivity contribution is -0.154. The number of methoxy groups -OCH3 is 1. The maximum absolute atomic E-state index is 13.2. The SMILES string of the molecule is COC(=O)[C@H](CNC(=O)C(=O)Nc1ccc(N2CCN(C(C)=O)CC2)cc1)NC(=O)c1ccc(Nc2nc(NC3(c4ccc(Cl)cc4)CC3)nc(OCC(F)(F)F)n2)cc1. The molecule has 0 radical (unpaired) electrons. The molecule has 316 valence electrons. The Hall–Kier alpha value is -6.70. The number of benzene rings is 3. The Bertz CT molecular complexity index is 2200. The lowest BCUT2D eigenvalue weighted by atomic mass is 10.1. The first-order valence-corrected chi connectivity index (χ1v) is 18.9. The van der Waals surface area contributed by atoms with Crippen LogP contribution in [-0.4, -0.2) is 108 Å². The molecule has 0 bridgehead atoms. The van der Waals surface area contributed by atoms with Crippen LogP contribution in [0, 0.1) is 0 Å². The predicted octanol–water partition coefficient (Wildman–Crippen LogP) is 4.01. The third-order valence-corrected chi connectivity index (χ3v) is 9.81. The van der Waals surface area contributed by atoms with Gasteiger partial charge in [-0.3, -0.25) is 19.2 Å². The van der Waals surface area contributed by atoms with Crippen LogP contribution in [0.5, 0.6) is 6.01 Å². The van der Waals surface area contributed by atoms with Gasteiger partial charge in [0, 0.05) is 67.3 Å². The summed E-state index contributed by atoms with van der Waals surface area (Å²) in [6, 6.07) is 17.6. The fourth-order valence-corrected chi connectivity index (χ4v) is 6.31. The largest absolute Gasteiger partial charge is 0.467 e. The molecule has 5 N–H and O–H groups in total. The normalized spacial score (nSPS) is 14.9. The molecule has 21 heteroatoms. The van der Waals surface area contributed by atoms with Crippen molar-refractivity contribution in [3.8, 4) is 6.01 Å². The highest BCUT2D eigenvalue weighted by atomic mass is 35.5. The maximum Gasteiger partial charge on any atom is 0.422 e. The second kappa shape index (κ2) is 18.5. The minimum Gasteiger partial charge on any atom is -0.467 e. The van der Waals surface area contributed by atoms with Crippen molar-refractivity contribution < 1.29 is 46.6 Å². The Morgan fingerprint density at radius 1 is 0.833 bits per heavy atom. The van der Waals surface area contributed by atoms with Gasteiger partial charge >= 0.3 is 30.0 Å². The van der Waals surface area contributed by atoms with Crippen LogP contribution in [0.3, 0.4) is 0 Å². The van der Waals surface area contributed by atoms with Crippen LogP contribution in [0.25, 0.3) is 0 Å². The summed E-state index contributed by atoms with van der Waals surface area (Å²) in [7, 11) is 1.09. The molecule has 1 aliphatic heterocycles. The number of hydrogen-bond acceptors (Lipinski definition) is 13. The number of esters is 1. The van der Waals surface area contributed by atoms with E-state index in [0.717, 1.165) is 18.4 Å². The summed E-state index contributed by atoms with van der Waals surface area (Å²) in [6.45, 7) is 1.91. The first kappa shape index (κ1) is 42.9. The monoisotopic (exact) mass is 852 g/mol. The van der Waals surface area contributed by atoms with Crippen LogP contribution in [-0.2, 0) is 29.5 Å². The van der Waals surface area contributed by atoms with Gasteiger partial charge in [0.1, 0.15) is 6.04 Å². The fourth-order valence-electron chi connectivity index (χ4n) is 6.18. The summed E-state index contributed by atoms with van der Waals surface area (Å²) in [6.07, 6.45) is -3.25. The van der Waals surface area contributed by atoms with Gasteiger partial charge in [0.25, 0.3) is 5.91 Å². The Labute approximate surface area is 346 Å². The summed E-state index contributed by atoms with van der Waals surface area (Å²) in [5.74, 6) is -3.88. The smallest absolute Gasteiger partial charge is 0.422 e. The summed E-state index contributed by atoms with van der Waals surface area (Å²) in [4.78, 5) is 78.8. The standard InChI is InChI=1S/C39H40ClF3N10O7/c1-23(54)52-17-19-53(20-18-52)29-13-11-27(12-14-29)45-33(57)32(56)44-21-30(34(58)59-2)47-31(55)24-3-9-28(10-4-24)46-35-48-36(50-37(49-35)60-22-39(41,42)43)51-38(15-16-38)25-5-7-26(40)8-6-25/h3-14,30H,15-22H2,1-2H3,(H,44,56)(H,45,57)(H,47,55)(H2,46,48,49,50,51)/t30-/m0/s1. The van der Waals surface area contributed by atoms with E-state index >= 15 is 0 Å². The van der Waals surface area contributed by atoms with E-state index in [0.29, 0.717) is 55.4 Å². The number of piperazine rings is 1. The van der Waals surface area contributed by atoms with Gasteiger partial charge in [0.05, 0.1) is 12.6 Å². The molecule has 1 aromatic heterocycles. The number of ether oxygens (including phenoxy) is 2. The average molecular weight is 853 g/mol. The number of carbonyl (C=O) groups excluding carboxylic acids is 5. The van der Waals surface area contributed by atoms with Crippen molar-refractivity contribution >= 4 is 70.2 Å². The van der Waals surface area contributed by atoms with E-state index in [2.05, 4.69) is 46.4 Å². The summed E-state index contributed by atoms with van der Waals surface area (Å²) >= 11 is 6.04. The average Bonchev–Trinajstić information content (AvgIpc) is 4.01. The highest BCUT2D eigenvalue weighted by molar-refractivity contribution is 6.39. The van der Waals surface area contributed by atoms with E-state index in [4.69, 9.17) is 21.1 Å². The van der Waals surface area contributed by atoms with Crippen molar-refractivity contribution in [1.82, 2.24) is 30.5 Å². The molecule has 1 atom stereocenters. The van der Waals surface area contributed by atoms with Crippen molar-refractivity contribution in [3.63, 3.8) is 0 Å². The lowest BCUT2D eigenvalue weighted by Crippen LogP contribution is -2.50. The highest BCUT2D eigenvalue weighted by Crippen LogP contribution is 2.48. The number of amides is 4. The van der Waals surface area contributed by atoms with Crippen molar-refractivity contribution in [2.24, 2.45) is 0 Å². The molecule has 60 heavy (non-hydrogen) atoms. The molecular weight excluding hydrogens is 813 g/mol. The Kier molecular flexibility index (Phi) is 13.2. The molecule has 2 fully saturated rings. The van der Waals surface area contributed by atoms with E-state index in [-0.39, 0.29) is 23.4 Å². The topological polar surface area (TPSA) is 209 Å². The number of nitrogens with one attached hydrogen (secondary N) is 5. The third-order valence-electron chi connectivity index (χ3n) is 9.56. The van der Waals surface area contributed by atoms with Gasteiger partial charge in [-0.05, 0) is 79.1 Å². The molecule has 0 spiro atoms. The van der Waals surface area contributed by atoms with Crippen molar-refractivity contribution in [2.75, 3.05) is 67.3 Å². The molecule has 4 amide bonds. The Morgan fingerprint density at radius 2 is 1.47 bits per heavy atom. The van der Waals surface area contributed by atoms with Crippen LogP contribution in [0.1, 0.15) is 35.7 Å². The summed E-state index contributed by atoms with van der Waals surface area (Å²) in [5, 5.41) is 13.9. The molecule has 1 saturated carbocycles. The van der Waals surface area contributed by atoms with Crippen LogP contribution in [0.2, 0.25) is 5.02 Å². The van der Waals surface area contributed by atoms with Crippen LogP contribution < -0.4 is 36.2 Å². The zero-order valence-corrected chi connectivity index (χ0v) is 33.0. The van der Waals surface area contributed by atoms with Crippen LogP contribution >= 0.6 is 11.6 Å². The number of halogens is 4. The summed E-state index contributed by atoms with van der Waals surface area (Å²) in [5.41, 5.74) is 1.95. The maximum atomic E-state index is 13.2. The highest BCUT2D eigenvalue weighted by Gasteiger charge is 2.45. The fraction of sp³-hybridized carbons (Fsp3) is 0.333. The quantitative estimate of drug-likeness (QED) is 0.0899. The van der Waals surface area contributed by atoms with E-state index in [9.17, 15) is 37.1 Å². The summed E-state index contributed by atoms with van der Waals surface area (Å²) < 4.78 is 48.6. The van der Waals surface area contributed by atoms with Crippen LogP contribution in [0.15, 0.2) is 72.8 Å². The molecular formula is C39H40ClF3N10O7. The molecule has 1 saturated heterocycles. The zero-order chi connectivity index (χ0) is 43.0. The van der Waals surface area contributed by atoms with E-state index in [1.807, 2.05) is 12.1 Å². The Morgan fingerprint density at radius 3 is 2.07 bits per heavy atom. The number of rotatable bonds is 14.